The van der Waals surface area contributed by atoms with Gasteiger partial charge in [-0.3, -0.25) is 9.98 Å². The summed E-state index contributed by atoms with van der Waals surface area (Å²) < 4.78 is 1.32. The summed E-state index contributed by atoms with van der Waals surface area (Å²) in [5.41, 5.74) is 16.8. The summed E-state index contributed by atoms with van der Waals surface area (Å²) in [4.78, 5) is 15.2. The first-order chi connectivity index (χ1) is 28.1. The molecule has 4 heteroatoms. The van der Waals surface area contributed by atoms with Crippen molar-refractivity contribution in [1.82, 2.24) is 9.97 Å². The number of rotatable bonds is 4. The molecule has 12 rings (SSSR count). The Kier molecular flexibility index (Phi) is 7.03. The van der Waals surface area contributed by atoms with Crippen molar-refractivity contribution >= 4 is 72.6 Å². The molecule has 3 unspecified atom stereocenters. The molecule has 6 aliphatic rings. The van der Waals surface area contributed by atoms with Gasteiger partial charge in [0.05, 0.1) is 16.9 Å². The van der Waals surface area contributed by atoms with Crippen molar-refractivity contribution in [3.63, 3.8) is 0 Å². The van der Waals surface area contributed by atoms with Crippen LogP contribution in [0, 0.1) is 17.8 Å². The van der Waals surface area contributed by atoms with Crippen molar-refractivity contribution in [3.05, 3.63) is 201 Å². The zero-order valence-corrected chi connectivity index (χ0v) is 32.5. The molecular weight excluding hydrogens is 711 g/mol. The lowest BCUT2D eigenvalue weighted by atomic mass is 9.61. The van der Waals surface area contributed by atoms with Crippen molar-refractivity contribution in [2.24, 2.45) is 22.7 Å². The molecule has 0 bridgehead atoms. The molecule has 0 radical (unpaired) electrons. The summed E-state index contributed by atoms with van der Waals surface area (Å²) in [6.45, 7) is 4.30. The highest BCUT2D eigenvalue weighted by atomic mass is 32.1. The van der Waals surface area contributed by atoms with Gasteiger partial charge in [-0.1, -0.05) is 134 Å². The number of allylic oxidation sites excluding steroid dienone is 16. The van der Waals surface area contributed by atoms with Crippen LogP contribution in [-0.2, 0) is 5.54 Å². The number of aromatic nitrogens is 2. The van der Waals surface area contributed by atoms with Gasteiger partial charge in [0.15, 0.2) is 0 Å². The fraction of sp³-hybridized carbons (Fsp3) is 0.113. The second-order valence-corrected chi connectivity index (χ2v) is 16.9. The molecule has 0 N–H and O–H groups in total. The average Bonchev–Trinajstić information content (AvgIpc) is 3.67. The normalized spacial score (nSPS) is 23.8. The number of para-hydroxylation sites is 1. The highest BCUT2D eigenvalue weighted by Gasteiger charge is 2.43. The third-order valence-electron chi connectivity index (χ3n) is 13.0. The van der Waals surface area contributed by atoms with Crippen LogP contribution in [0.3, 0.4) is 0 Å². The minimum atomic E-state index is -0.390. The molecule has 0 saturated carbocycles. The Labute approximate surface area is 335 Å². The van der Waals surface area contributed by atoms with Gasteiger partial charge in [-0.05, 0) is 87.6 Å². The highest BCUT2D eigenvalue weighted by molar-refractivity contribution is 7.18. The zero-order valence-electron chi connectivity index (χ0n) is 31.6. The number of nitrogens with zero attached hydrogens (tertiary/aromatic N) is 3. The molecule has 0 spiro atoms. The molecule has 1 aliphatic heterocycles. The van der Waals surface area contributed by atoms with E-state index in [4.69, 9.17) is 15.0 Å². The topological polar surface area (TPSA) is 38.1 Å². The van der Waals surface area contributed by atoms with Gasteiger partial charge in [0, 0.05) is 67.5 Å². The smallest absolute Gasteiger partial charge is 0.110 e. The van der Waals surface area contributed by atoms with E-state index in [-0.39, 0.29) is 17.8 Å². The van der Waals surface area contributed by atoms with Gasteiger partial charge in [0.1, 0.15) is 5.54 Å². The molecule has 3 nitrogen and oxygen atoms in total. The molecular formula is C53H37N3S. The quantitative estimate of drug-likeness (QED) is 0.168. The van der Waals surface area contributed by atoms with E-state index < -0.39 is 5.54 Å². The standard InChI is InChI=1S/C53H37N3S/c1-3-7-36-30-57-51-39(36)23-24-45-49(51)44-9-4-5-10-46(44)56-50(45)33-14-11-31(12-15-33)37-28-34-16-13-32-17-20-40(42-21-18-35(29-37)47(34)48(32)42)41-25-27-54-52-43(41)22-19-38-8-6-26-55-53(38,52)2/h3-30,38,47-48H,1-2H3/b7-3-/t38?,47?,48?,53-/m0/s1. The van der Waals surface area contributed by atoms with Crippen molar-refractivity contribution in [3.8, 4) is 11.3 Å². The van der Waals surface area contributed by atoms with Gasteiger partial charge in [-0.25, -0.2) is 4.98 Å². The van der Waals surface area contributed by atoms with Gasteiger partial charge in [-0.15, -0.1) is 11.3 Å². The monoisotopic (exact) mass is 747 g/mol. The molecule has 4 heterocycles. The molecule has 6 aromatic rings. The van der Waals surface area contributed by atoms with E-state index in [9.17, 15) is 0 Å². The summed E-state index contributed by atoms with van der Waals surface area (Å²) in [5, 5.41) is 7.26. The predicted octanol–water partition coefficient (Wildman–Crippen LogP) is 13.2. The van der Waals surface area contributed by atoms with Crippen LogP contribution in [0.5, 0.6) is 0 Å². The van der Waals surface area contributed by atoms with Gasteiger partial charge < -0.3 is 0 Å². The van der Waals surface area contributed by atoms with Crippen LogP contribution in [0.25, 0.3) is 66.3 Å². The number of pyridine rings is 2. The van der Waals surface area contributed by atoms with Gasteiger partial charge >= 0.3 is 0 Å². The summed E-state index contributed by atoms with van der Waals surface area (Å²) in [6, 6.07) is 24.4. The highest BCUT2D eigenvalue weighted by Crippen LogP contribution is 2.54. The molecule has 3 aromatic heterocycles. The third-order valence-corrected chi connectivity index (χ3v) is 14.0. The van der Waals surface area contributed by atoms with Gasteiger partial charge in [0.2, 0.25) is 0 Å². The SMILES string of the molecule is C/C=C\c1csc2c1ccc1c(-c3ccc(C4=CC5=CC=C6C(c7ccnc8c7C=CC7C=CC=N[C@]87C)=CC=C7C=CC(=C4)C5C76)cc3)nc3ccccc3c12. The molecule has 4 atom stereocenters. The number of aliphatic imine (C=N–C) groups is 1. The predicted molar refractivity (Wildman–Crippen MR) is 241 cm³/mol. The van der Waals surface area contributed by atoms with Crippen LogP contribution in [0.2, 0.25) is 0 Å². The lowest BCUT2D eigenvalue weighted by Crippen LogP contribution is -2.34. The molecule has 5 aliphatic carbocycles. The van der Waals surface area contributed by atoms with E-state index in [0.717, 1.165) is 22.5 Å². The summed E-state index contributed by atoms with van der Waals surface area (Å²) in [6.07, 6.45) is 36.0. The van der Waals surface area contributed by atoms with Crippen molar-refractivity contribution in [2.75, 3.05) is 0 Å². The second-order valence-electron chi connectivity index (χ2n) is 16.0. The van der Waals surface area contributed by atoms with E-state index in [1.54, 1.807) is 0 Å². The zero-order chi connectivity index (χ0) is 37.8. The Bertz CT molecular complexity index is 3150. The molecule has 270 valence electrons. The average molecular weight is 748 g/mol. The maximum atomic E-state index is 5.28. The number of hydrogen-bond donors (Lipinski definition) is 0. The second kappa shape index (κ2) is 12.3. The Morgan fingerprint density at radius 3 is 2.51 bits per heavy atom. The Hall–Kier alpha value is -6.49. The molecule has 57 heavy (non-hydrogen) atoms. The Morgan fingerprint density at radius 2 is 1.60 bits per heavy atom. The fourth-order valence-corrected chi connectivity index (χ4v) is 11.3. The molecule has 0 amide bonds. The van der Waals surface area contributed by atoms with Gasteiger partial charge in [-0.2, -0.15) is 0 Å². The Morgan fingerprint density at radius 1 is 0.754 bits per heavy atom. The van der Waals surface area contributed by atoms with Crippen molar-refractivity contribution in [1.29, 1.82) is 0 Å². The van der Waals surface area contributed by atoms with E-state index in [0.29, 0.717) is 0 Å². The van der Waals surface area contributed by atoms with Crippen molar-refractivity contribution < 1.29 is 0 Å². The summed E-state index contributed by atoms with van der Waals surface area (Å²) in [5.74, 6) is 0.768. The number of benzene rings is 3. The largest absolute Gasteiger partial charge is 0.279 e. The van der Waals surface area contributed by atoms with E-state index in [1.165, 1.54) is 81.9 Å². The first-order valence-electron chi connectivity index (χ1n) is 19.9. The third kappa shape index (κ3) is 4.74. The number of dihydropyridines is 1. The number of hydrogen-bond acceptors (Lipinski definition) is 4. The van der Waals surface area contributed by atoms with Crippen LogP contribution in [-0.4, -0.2) is 16.2 Å². The summed E-state index contributed by atoms with van der Waals surface area (Å²) >= 11 is 1.83. The van der Waals surface area contributed by atoms with Crippen LogP contribution >= 0.6 is 11.3 Å². The summed E-state index contributed by atoms with van der Waals surface area (Å²) in [7, 11) is 0. The minimum Gasteiger partial charge on any atom is -0.279 e. The van der Waals surface area contributed by atoms with Crippen molar-refractivity contribution in [2.45, 2.75) is 19.4 Å². The number of thiophene rings is 1. The van der Waals surface area contributed by atoms with E-state index in [2.05, 4.69) is 165 Å². The maximum Gasteiger partial charge on any atom is 0.110 e. The molecule has 0 saturated heterocycles. The lowest BCUT2D eigenvalue weighted by Gasteiger charge is -2.42. The fourth-order valence-electron chi connectivity index (χ4n) is 10.2. The van der Waals surface area contributed by atoms with Crippen LogP contribution in [0.4, 0.5) is 0 Å². The van der Waals surface area contributed by atoms with Gasteiger partial charge in [0.25, 0.3) is 0 Å². The maximum absolute atomic E-state index is 5.28. The van der Waals surface area contributed by atoms with E-state index in [1.807, 2.05) is 29.8 Å². The number of fused-ring (bicyclic) bond motifs is 8. The van der Waals surface area contributed by atoms with Crippen LogP contribution in [0.1, 0.15) is 41.8 Å². The Balaban J connectivity index is 0.922. The van der Waals surface area contributed by atoms with E-state index >= 15 is 0 Å². The first-order valence-corrected chi connectivity index (χ1v) is 20.8. The molecule has 0 fully saturated rings. The van der Waals surface area contributed by atoms with Crippen LogP contribution < -0.4 is 0 Å². The van der Waals surface area contributed by atoms with Crippen LogP contribution in [0.15, 0.2) is 179 Å². The first kappa shape index (κ1) is 32.7. The lowest BCUT2D eigenvalue weighted by molar-refractivity contribution is 0.403. The minimum absolute atomic E-state index is 0.212. The molecule has 3 aromatic carbocycles.